The molecule has 6 nitrogen and oxygen atoms in total. The number of anilines is 1. The molecule has 0 aliphatic carbocycles. The average Bonchev–Trinajstić information content (AvgIpc) is 2.74. The number of hydrogen-bond acceptors (Lipinski definition) is 6. The van der Waals surface area contributed by atoms with Crippen molar-refractivity contribution in [3.05, 3.63) is 67.0 Å². The minimum Gasteiger partial charge on any atom is -0.367 e. The SMILES string of the molecule is Br.CN(C)CCNc1ncnc2nc(-c3ccccc3)c(-c3ccccc3)nc12. The molecular weight excluding hydrogens is 428 g/mol. The van der Waals surface area contributed by atoms with E-state index in [1.807, 2.05) is 74.8 Å². The Kier molecular flexibility index (Phi) is 6.85. The van der Waals surface area contributed by atoms with Crippen molar-refractivity contribution in [2.75, 3.05) is 32.5 Å². The molecular formula is C22H23BrN6. The third kappa shape index (κ3) is 4.75. The molecule has 0 bridgehead atoms. The summed E-state index contributed by atoms with van der Waals surface area (Å²) < 4.78 is 0. The summed E-state index contributed by atoms with van der Waals surface area (Å²) in [6, 6.07) is 20.2. The van der Waals surface area contributed by atoms with Crippen LogP contribution >= 0.6 is 17.0 Å². The van der Waals surface area contributed by atoms with Crippen LogP contribution in [-0.4, -0.2) is 52.0 Å². The maximum atomic E-state index is 4.96. The van der Waals surface area contributed by atoms with Gasteiger partial charge in [-0.05, 0) is 14.1 Å². The molecule has 0 aliphatic rings. The molecule has 2 aromatic carbocycles. The van der Waals surface area contributed by atoms with Crippen LogP contribution in [0, 0.1) is 0 Å². The summed E-state index contributed by atoms with van der Waals surface area (Å²) in [5.41, 5.74) is 4.93. The lowest BCUT2D eigenvalue weighted by atomic mass is 10.0. The van der Waals surface area contributed by atoms with Gasteiger partial charge in [0.1, 0.15) is 6.33 Å². The Bertz CT molecular complexity index is 1070. The zero-order valence-corrected chi connectivity index (χ0v) is 18.1. The molecule has 4 aromatic rings. The molecule has 29 heavy (non-hydrogen) atoms. The molecule has 4 rings (SSSR count). The zero-order chi connectivity index (χ0) is 19.3. The number of aromatic nitrogens is 4. The second-order valence-electron chi connectivity index (χ2n) is 6.78. The largest absolute Gasteiger partial charge is 0.367 e. The van der Waals surface area contributed by atoms with E-state index in [1.165, 1.54) is 6.33 Å². The zero-order valence-electron chi connectivity index (χ0n) is 16.4. The van der Waals surface area contributed by atoms with E-state index >= 15 is 0 Å². The van der Waals surface area contributed by atoms with Gasteiger partial charge in [0.25, 0.3) is 0 Å². The standard InChI is InChI=1S/C22H22N6.BrH/c1-28(2)14-13-23-21-20-22(25-15-24-21)27-19(17-11-7-4-8-12-17)18(26-20)16-9-5-3-6-10-16;/h3-12,15H,13-14H2,1-2H3,(H,23,24,25,27);1H. The second-order valence-corrected chi connectivity index (χ2v) is 6.78. The van der Waals surface area contributed by atoms with Gasteiger partial charge in [0.2, 0.25) is 0 Å². The predicted molar refractivity (Wildman–Crippen MR) is 123 cm³/mol. The number of benzene rings is 2. The monoisotopic (exact) mass is 450 g/mol. The van der Waals surface area contributed by atoms with Crippen LogP contribution in [0.4, 0.5) is 5.82 Å². The van der Waals surface area contributed by atoms with Crippen molar-refractivity contribution >= 4 is 34.0 Å². The van der Waals surface area contributed by atoms with Crippen LogP contribution in [0.5, 0.6) is 0 Å². The number of nitrogens with zero attached hydrogens (tertiary/aromatic N) is 5. The number of hydrogen-bond donors (Lipinski definition) is 1. The highest BCUT2D eigenvalue weighted by Crippen LogP contribution is 2.31. The molecule has 0 fully saturated rings. The summed E-state index contributed by atoms with van der Waals surface area (Å²) in [6.07, 6.45) is 1.53. The molecule has 0 atom stereocenters. The average molecular weight is 451 g/mol. The molecule has 2 aromatic heterocycles. The van der Waals surface area contributed by atoms with E-state index in [2.05, 4.69) is 20.2 Å². The fraction of sp³-hybridized carbons (Fsp3) is 0.182. The van der Waals surface area contributed by atoms with E-state index < -0.39 is 0 Å². The predicted octanol–water partition coefficient (Wildman–Crippen LogP) is 4.31. The van der Waals surface area contributed by atoms with Gasteiger partial charge < -0.3 is 10.2 Å². The highest BCUT2D eigenvalue weighted by atomic mass is 79.9. The number of halogens is 1. The van der Waals surface area contributed by atoms with E-state index in [0.29, 0.717) is 17.0 Å². The smallest absolute Gasteiger partial charge is 0.184 e. The summed E-state index contributed by atoms with van der Waals surface area (Å²) in [4.78, 5) is 20.7. The van der Waals surface area contributed by atoms with Gasteiger partial charge in [-0.1, -0.05) is 60.7 Å². The van der Waals surface area contributed by atoms with Gasteiger partial charge in [-0.15, -0.1) is 17.0 Å². The minimum absolute atomic E-state index is 0. The number of likely N-dealkylation sites (N-methyl/N-ethyl adjacent to an activating group) is 1. The Balaban J connectivity index is 0.00000240. The topological polar surface area (TPSA) is 66.8 Å². The lowest BCUT2D eigenvalue weighted by molar-refractivity contribution is 0.425. The Morgan fingerprint density at radius 2 is 1.38 bits per heavy atom. The van der Waals surface area contributed by atoms with Crippen molar-refractivity contribution < 1.29 is 0 Å². The van der Waals surface area contributed by atoms with Crippen LogP contribution in [0.25, 0.3) is 33.7 Å². The maximum Gasteiger partial charge on any atom is 0.184 e. The first-order chi connectivity index (χ1) is 13.7. The second kappa shape index (κ2) is 9.54. The molecule has 0 spiro atoms. The summed E-state index contributed by atoms with van der Waals surface area (Å²) in [7, 11) is 4.08. The van der Waals surface area contributed by atoms with Gasteiger partial charge in [0, 0.05) is 24.2 Å². The number of fused-ring (bicyclic) bond motifs is 1. The van der Waals surface area contributed by atoms with E-state index in [1.54, 1.807) is 0 Å². The molecule has 1 N–H and O–H groups in total. The first-order valence-corrected chi connectivity index (χ1v) is 9.24. The fourth-order valence-electron chi connectivity index (χ4n) is 3.00. The van der Waals surface area contributed by atoms with Crippen LogP contribution in [0.1, 0.15) is 0 Å². The Labute approximate surface area is 180 Å². The van der Waals surface area contributed by atoms with Crippen molar-refractivity contribution in [1.82, 2.24) is 24.8 Å². The molecule has 0 unspecified atom stereocenters. The lowest BCUT2D eigenvalue weighted by Gasteiger charge is -2.14. The van der Waals surface area contributed by atoms with E-state index in [9.17, 15) is 0 Å². The van der Waals surface area contributed by atoms with Crippen molar-refractivity contribution in [3.63, 3.8) is 0 Å². The molecule has 148 valence electrons. The van der Waals surface area contributed by atoms with Crippen LogP contribution in [-0.2, 0) is 0 Å². The molecule has 0 aliphatic heterocycles. The third-order valence-electron chi connectivity index (χ3n) is 4.41. The van der Waals surface area contributed by atoms with Gasteiger partial charge in [0.15, 0.2) is 17.0 Å². The van der Waals surface area contributed by atoms with Gasteiger partial charge >= 0.3 is 0 Å². The lowest BCUT2D eigenvalue weighted by Crippen LogP contribution is -2.21. The van der Waals surface area contributed by atoms with Gasteiger partial charge in [-0.25, -0.2) is 19.9 Å². The van der Waals surface area contributed by atoms with Crippen LogP contribution in [0.2, 0.25) is 0 Å². The summed E-state index contributed by atoms with van der Waals surface area (Å²) in [5.74, 6) is 0.705. The van der Waals surface area contributed by atoms with Gasteiger partial charge in [-0.3, -0.25) is 0 Å². The Hall–Kier alpha value is -2.90. The third-order valence-corrected chi connectivity index (χ3v) is 4.41. The summed E-state index contributed by atoms with van der Waals surface area (Å²) in [5, 5.41) is 3.36. The first kappa shape index (κ1) is 20.8. The van der Waals surface area contributed by atoms with Crippen LogP contribution in [0.3, 0.4) is 0 Å². The van der Waals surface area contributed by atoms with Gasteiger partial charge in [-0.2, -0.15) is 0 Å². The van der Waals surface area contributed by atoms with Crippen LogP contribution in [0.15, 0.2) is 67.0 Å². The van der Waals surface area contributed by atoms with Crippen molar-refractivity contribution in [2.45, 2.75) is 0 Å². The Morgan fingerprint density at radius 3 is 1.97 bits per heavy atom. The van der Waals surface area contributed by atoms with Crippen molar-refractivity contribution in [3.8, 4) is 22.5 Å². The molecule has 0 saturated heterocycles. The summed E-state index contributed by atoms with van der Waals surface area (Å²) in [6.45, 7) is 1.66. The van der Waals surface area contributed by atoms with Crippen molar-refractivity contribution in [2.24, 2.45) is 0 Å². The molecule has 7 heteroatoms. The number of nitrogens with one attached hydrogen (secondary N) is 1. The van der Waals surface area contributed by atoms with Gasteiger partial charge in [0.05, 0.1) is 11.4 Å². The maximum absolute atomic E-state index is 4.96. The highest BCUT2D eigenvalue weighted by molar-refractivity contribution is 8.93. The van der Waals surface area contributed by atoms with Crippen LogP contribution < -0.4 is 5.32 Å². The Morgan fingerprint density at radius 1 is 0.793 bits per heavy atom. The molecule has 0 saturated carbocycles. The number of rotatable bonds is 6. The minimum atomic E-state index is 0. The molecule has 0 radical (unpaired) electrons. The normalized spacial score (nSPS) is 10.7. The fourth-order valence-corrected chi connectivity index (χ4v) is 3.00. The molecule has 2 heterocycles. The van der Waals surface area contributed by atoms with Crippen molar-refractivity contribution in [1.29, 1.82) is 0 Å². The molecule has 0 amide bonds. The highest BCUT2D eigenvalue weighted by Gasteiger charge is 2.16. The van der Waals surface area contributed by atoms with E-state index in [0.717, 1.165) is 35.6 Å². The van der Waals surface area contributed by atoms with E-state index in [4.69, 9.17) is 9.97 Å². The summed E-state index contributed by atoms with van der Waals surface area (Å²) >= 11 is 0. The quantitative estimate of drug-likeness (QED) is 0.472. The van der Waals surface area contributed by atoms with E-state index in [-0.39, 0.29) is 17.0 Å². The first-order valence-electron chi connectivity index (χ1n) is 9.24.